The molecular weight excluding hydrogens is 234 g/mol. The highest BCUT2D eigenvalue weighted by molar-refractivity contribution is 7.08. The summed E-state index contributed by atoms with van der Waals surface area (Å²) in [7, 11) is 0. The number of thiophene rings is 1. The first-order valence-corrected chi connectivity index (χ1v) is 6.08. The molecule has 3 aromatic heterocycles. The maximum atomic E-state index is 11.5. The molecule has 0 bridgehead atoms. The summed E-state index contributed by atoms with van der Waals surface area (Å²) in [4.78, 5) is 23.2. The summed E-state index contributed by atoms with van der Waals surface area (Å²) < 4.78 is 0. The van der Waals surface area contributed by atoms with Gasteiger partial charge in [0.2, 0.25) is 0 Å². The zero-order valence-electron chi connectivity index (χ0n) is 9.10. The Morgan fingerprint density at radius 1 is 1.41 bits per heavy atom. The van der Waals surface area contributed by atoms with Crippen LogP contribution in [0.1, 0.15) is 17.3 Å². The molecular formula is C12H9N3OS. The van der Waals surface area contributed by atoms with Crippen molar-refractivity contribution in [3.8, 4) is 11.4 Å². The SMILES string of the molecule is CC(=O)c1ccnc2nc(-c3ccsc3)[nH]c12. The Balaban J connectivity index is 2.26. The maximum absolute atomic E-state index is 11.5. The van der Waals surface area contributed by atoms with Crippen LogP contribution in [0.3, 0.4) is 0 Å². The number of nitrogens with one attached hydrogen (secondary N) is 1. The van der Waals surface area contributed by atoms with Crippen molar-refractivity contribution < 1.29 is 4.79 Å². The smallest absolute Gasteiger partial charge is 0.178 e. The second-order valence-electron chi connectivity index (χ2n) is 3.71. The lowest BCUT2D eigenvalue weighted by atomic mass is 10.2. The van der Waals surface area contributed by atoms with E-state index in [2.05, 4.69) is 15.0 Å². The van der Waals surface area contributed by atoms with Crippen molar-refractivity contribution in [1.82, 2.24) is 15.0 Å². The van der Waals surface area contributed by atoms with Crippen LogP contribution < -0.4 is 0 Å². The molecule has 0 saturated heterocycles. The normalized spacial score (nSPS) is 10.9. The average molecular weight is 243 g/mol. The number of H-pyrrole nitrogens is 1. The third-order valence-electron chi connectivity index (χ3n) is 2.57. The molecule has 5 heteroatoms. The maximum Gasteiger partial charge on any atom is 0.178 e. The second-order valence-corrected chi connectivity index (χ2v) is 4.49. The minimum Gasteiger partial charge on any atom is -0.336 e. The quantitative estimate of drug-likeness (QED) is 0.704. The predicted octanol–water partition coefficient (Wildman–Crippen LogP) is 2.89. The van der Waals surface area contributed by atoms with Crippen LogP contribution in [0.15, 0.2) is 29.1 Å². The van der Waals surface area contributed by atoms with E-state index >= 15 is 0 Å². The Morgan fingerprint density at radius 2 is 2.29 bits per heavy atom. The van der Waals surface area contributed by atoms with E-state index in [1.54, 1.807) is 30.5 Å². The first kappa shape index (κ1) is 10.2. The van der Waals surface area contributed by atoms with Gasteiger partial charge in [0.05, 0.1) is 5.52 Å². The summed E-state index contributed by atoms with van der Waals surface area (Å²) in [5, 5.41) is 3.99. The Hall–Kier alpha value is -2.01. The van der Waals surface area contributed by atoms with Crippen LogP contribution in [0.4, 0.5) is 0 Å². The van der Waals surface area contributed by atoms with Crippen LogP contribution in [0.2, 0.25) is 0 Å². The van der Waals surface area contributed by atoms with Crippen LogP contribution in [0.25, 0.3) is 22.6 Å². The molecule has 0 unspecified atom stereocenters. The van der Waals surface area contributed by atoms with E-state index in [9.17, 15) is 4.79 Å². The molecule has 3 heterocycles. The molecule has 4 nitrogen and oxygen atoms in total. The van der Waals surface area contributed by atoms with Crippen LogP contribution in [-0.2, 0) is 0 Å². The van der Waals surface area contributed by atoms with E-state index in [-0.39, 0.29) is 5.78 Å². The fourth-order valence-corrected chi connectivity index (χ4v) is 2.38. The van der Waals surface area contributed by atoms with Crippen LogP contribution >= 0.6 is 11.3 Å². The summed E-state index contributed by atoms with van der Waals surface area (Å²) in [5.74, 6) is 0.764. The van der Waals surface area contributed by atoms with Crippen molar-refractivity contribution in [2.45, 2.75) is 6.92 Å². The summed E-state index contributed by atoms with van der Waals surface area (Å²) in [5.41, 5.74) is 2.94. The van der Waals surface area contributed by atoms with E-state index in [0.29, 0.717) is 16.7 Å². The van der Waals surface area contributed by atoms with Crippen molar-refractivity contribution in [2.75, 3.05) is 0 Å². The lowest BCUT2D eigenvalue weighted by molar-refractivity contribution is 0.101. The van der Waals surface area contributed by atoms with Gasteiger partial charge in [-0.2, -0.15) is 11.3 Å². The van der Waals surface area contributed by atoms with E-state index in [4.69, 9.17) is 0 Å². The zero-order valence-corrected chi connectivity index (χ0v) is 9.91. The molecule has 84 valence electrons. The minimum atomic E-state index is 0.0120. The number of pyridine rings is 1. The van der Waals surface area contributed by atoms with Gasteiger partial charge in [0.25, 0.3) is 0 Å². The molecule has 0 fully saturated rings. The Morgan fingerprint density at radius 3 is 3.00 bits per heavy atom. The fraction of sp³-hybridized carbons (Fsp3) is 0.0833. The molecule has 1 N–H and O–H groups in total. The summed E-state index contributed by atoms with van der Waals surface area (Å²) in [6.45, 7) is 1.54. The number of Topliss-reactive ketones (excluding diaryl/α,β-unsaturated/α-hetero) is 1. The highest BCUT2D eigenvalue weighted by Crippen LogP contribution is 2.23. The van der Waals surface area contributed by atoms with Crippen molar-refractivity contribution in [3.05, 3.63) is 34.7 Å². The summed E-state index contributed by atoms with van der Waals surface area (Å²) in [6.07, 6.45) is 1.61. The molecule has 0 aromatic carbocycles. The monoisotopic (exact) mass is 243 g/mol. The van der Waals surface area contributed by atoms with Crippen molar-refractivity contribution in [3.63, 3.8) is 0 Å². The number of hydrogen-bond donors (Lipinski definition) is 1. The van der Waals surface area contributed by atoms with Gasteiger partial charge in [-0.15, -0.1) is 0 Å². The number of imidazole rings is 1. The lowest BCUT2D eigenvalue weighted by Gasteiger charge is -1.94. The highest BCUT2D eigenvalue weighted by atomic mass is 32.1. The zero-order chi connectivity index (χ0) is 11.8. The number of carbonyl (C=O) groups is 1. The van der Waals surface area contributed by atoms with Crippen LogP contribution in [0.5, 0.6) is 0 Å². The lowest BCUT2D eigenvalue weighted by Crippen LogP contribution is -1.94. The highest BCUT2D eigenvalue weighted by Gasteiger charge is 2.12. The number of carbonyl (C=O) groups excluding carboxylic acids is 1. The van der Waals surface area contributed by atoms with Crippen molar-refractivity contribution in [2.24, 2.45) is 0 Å². The van der Waals surface area contributed by atoms with E-state index in [1.807, 2.05) is 16.8 Å². The number of aromatic amines is 1. The number of fused-ring (bicyclic) bond motifs is 1. The number of hydrogen-bond acceptors (Lipinski definition) is 4. The van der Waals surface area contributed by atoms with E-state index < -0.39 is 0 Å². The van der Waals surface area contributed by atoms with Crippen molar-refractivity contribution >= 4 is 28.3 Å². The van der Waals surface area contributed by atoms with Gasteiger partial charge in [0.15, 0.2) is 11.4 Å². The van der Waals surface area contributed by atoms with Crippen LogP contribution in [-0.4, -0.2) is 20.7 Å². The van der Waals surface area contributed by atoms with Crippen molar-refractivity contribution in [1.29, 1.82) is 0 Å². The first-order valence-electron chi connectivity index (χ1n) is 5.14. The third kappa shape index (κ3) is 1.64. The first-order chi connectivity index (χ1) is 8.25. The Labute approximate surface area is 101 Å². The number of nitrogens with zero attached hydrogens (tertiary/aromatic N) is 2. The molecule has 0 spiro atoms. The van der Waals surface area contributed by atoms with E-state index in [0.717, 1.165) is 11.4 Å². The van der Waals surface area contributed by atoms with Gasteiger partial charge in [-0.25, -0.2) is 9.97 Å². The molecule has 3 rings (SSSR count). The minimum absolute atomic E-state index is 0.0120. The molecule has 0 aliphatic carbocycles. The molecule has 17 heavy (non-hydrogen) atoms. The van der Waals surface area contributed by atoms with Gasteiger partial charge < -0.3 is 4.98 Å². The third-order valence-corrected chi connectivity index (χ3v) is 3.25. The molecule has 0 saturated carbocycles. The fourth-order valence-electron chi connectivity index (χ4n) is 1.74. The van der Waals surface area contributed by atoms with Crippen LogP contribution in [0, 0.1) is 0 Å². The number of rotatable bonds is 2. The summed E-state index contributed by atoms with van der Waals surface area (Å²) in [6, 6.07) is 3.69. The van der Waals surface area contributed by atoms with Gasteiger partial charge in [0, 0.05) is 22.7 Å². The topological polar surface area (TPSA) is 58.6 Å². The molecule has 0 radical (unpaired) electrons. The largest absolute Gasteiger partial charge is 0.336 e. The molecule has 3 aromatic rings. The van der Waals surface area contributed by atoms with Gasteiger partial charge in [-0.1, -0.05) is 0 Å². The van der Waals surface area contributed by atoms with Gasteiger partial charge >= 0.3 is 0 Å². The van der Waals surface area contributed by atoms with E-state index in [1.165, 1.54) is 0 Å². The Kier molecular flexibility index (Phi) is 2.26. The Bertz CT molecular complexity index is 685. The molecule has 0 aliphatic heterocycles. The number of ketones is 1. The predicted molar refractivity (Wildman–Crippen MR) is 67.2 cm³/mol. The van der Waals surface area contributed by atoms with Gasteiger partial charge in [0.1, 0.15) is 5.82 Å². The van der Waals surface area contributed by atoms with Gasteiger partial charge in [-0.05, 0) is 24.4 Å². The standard InChI is InChI=1S/C12H9N3OS/c1-7(16)9-2-4-13-12-10(9)14-11(15-12)8-3-5-17-6-8/h2-6H,1H3,(H,13,14,15). The summed E-state index contributed by atoms with van der Waals surface area (Å²) >= 11 is 1.61. The number of aromatic nitrogens is 3. The average Bonchev–Trinajstić information content (AvgIpc) is 2.96. The molecule has 0 amide bonds. The second kappa shape index (κ2) is 3.78. The molecule has 0 aliphatic rings. The van der Waals surface area contributed by atoms with Gasteiger partial charge in [-0.3, -0.25) is 4.79 Å². The molecule has 0 atom stereocenters.